The van der Waals surface area contributed by atoms with Crippen molar-refractivity contribution in [2.24, 2.45) is 11.8 Å². The summed E-state index contributed by atoms with van der Waals surface area (Å²) in [6, 6.07) is 0.556. The number of piperazine rings is 1. The molecule has 0 aromatic heterocycles. The Morgan fingerprint density at radius 1 is 1.05 bits per heavy atom. The highest BCUT2D eigenvalue weighted by molar-refractivity contribution is 6.92. The Morgan fingerprint density at radius 2 is 1.67 bits per heavy atom. The summed E-state index contributed by atoms with van der Waals surface area (Å²) in [7, 11) is 2.19. The molecule has 3 rings (SSSR count). The number of hydrogen-bond acceptors (Lipinski definition) is 3. The van der Waals surface area contributed by atoms with Gasteiger partial charge < -0.3 is 9.80 Å². The zero-order chi connectivity index (χ0) is 14.1. The van der Waals surface area contributed by atoms with Crippen LogP contribution >= 0.6 is 9.90 Å². The molecule has 1 aliphatic carbocycles. The van der Waals surface area contributed by atoms with Gasteiger partial charge in [-0.2, -0.15) is 9.90 Å². The van der Waals surface area contributed by atoms with Crippen LogP contribution < -0.4 is 0 Å². The van der Waals surface area contributed by atoms with Crippen molar-refractivity contribution >= 4 is 15.8 Å². The van der Waals surface area contributed by atoms with Crippen molar-refractivity contribution in [3.05, 3.63) is 0 Å². The number of amides is 1. The van der Waals surface area contributed by atoms with Crippen LogP contribution in [0, 0.1) is 11.8 Å². The van der Waals surface area contributed by atoms with Crippen LogP contribution in [0.2, 0.25) is 0 Å². The number of rotatable bonds is 3. The summed E-state index contributed by atoms with van der Waals surface area (Å²) in [5, 5.41) is 0. The molecule has 0 spiro atoms. The molecule has 3 aliphatic rings. The lowest BCUT2D eigenvalue weighted by Crippen LogP contribution is -2.47. The summed E-state index contributed by atoms with van der Waals surface area (Å²) < 4.78 is 0. The first-order valence-corrected chi connectivity index (χ1v) is 8.40. The van der Waals surface area contributed by atoms with Gasteiger partial charge in [-0.05, 0) is 32.2 Å². The standard InChI is InChI=1S/C16H29N3O.H3P/c1-3-13-4-6-19(7-5-13)16(20)14-12-15(14)18-10-8-17(2)9-11-18;/h13-15H,3-12H2,1-2H3;1H3. The zero-order valence-electron chi connectivity index (χ0n) is 13.8. The average Bonchev–Trinajstić information content (AvgIpc) is 3.28. The Bertz CT molecular complexity index is 349. The third-order valence-electron chi connectivity index (χ3n) is 5.58. The second-order valence-electron chi connectivity index (χ2n) is 6.93. The Morgan fingerprint density at radius 3 is 2.24 bits per heavy atom. The molecule has 0 N–H and O–H groups in total. The van der Waals surface area contributed by atoms with E-state index < -0.39 is 0 Å². The molecule has 4 nitrogen and oxygen atoms in total. The second-order valence-corrected chi connectivity index (χ2v) is 6.93. The Labute approximate surface area is 132 Å². The molecular weight excluding hydrogens is 281 g/mol. The van der Waals surface area contributed by atoms with Gasteiger partial charge in [0.2, 0.25) is 5.91 Å². The monoisotopic (exact) mass is 313 g/mol. The maximum Gasteiger partial charge on any atom is 0.227 e. The van der Waals surface area contributed by atoms with Gasteiger partial charge in [0.1, 0.15) is 0 Å². The third kappa shape index (κ3) is 3.97. The molecule has 122 valence electrons. The number of piperidine rings is 1. The molecule has 2 aliphatic heterocycles. The lowest BCUT2D eigenvalue weighted by molar-refractivity contribution is -0.134. The molecular formula is C16H32N3OP. The summed E-state index contributed by atoms with van der Waals surface area (Å²) in [5.74, 6) is 1.62. The van der Waals surface area contributed by atoms with Crippen molar-refractivity contribution in [3.63, 3.8) is 0 Å². The maximum atomic E-state index is 12.6. The van der Waals surface area contributed by atoms with E-state index >= 15 is 0 Å². The van der Waals surface area contributed by atoms with Crippen LogP contribution in [0.5, 0.6) is 0 Å². The maximum absolute atomic E-state index is 12.6. The van der Waals surface area contributed by atoms with Crippen molar-refractivity contribution in [2.75, 3.05) is 46.3 Å². The molecule has 1 amide bonds. The highest BCUT2D eigenvalue weighted by Crippen LogP contribution is 2.38. The fraction of sp³-hybridized carbons (Fsp3) is 0.938. The van der Waals surface area contributed by atoms with Crippen LogP contribution in [-0.2, 0) is 4.79 Å². The lowest BCUT2D eigenvalue weighted by Gasteiger charge is -2.34. The highest BCUT2D eigenvalue weighted by Gasteiger charge is 2.48. The number of carbonyl (C=O) groups is 1. The number of likely N-dealkylation sites (N-methyl/N-ethyl adjacent to an activating group) is 1. The molecule has 0 bridgehead atoms. The first-order chi connectivity index (χ1) is 9.69. The largest absolute Gasteiger partial charge is 0.342 e. The molecule has 3 unspecified atom stereocenters. The van der Waals surface area contributed by atoms with E-state index in [1.807, 2.05) is 0 Å². The van der Waals surface area contributed by atoms with Gasteiger partial charge in [-0.3, -0.25) is 9.69 Å². The molecule has 1 saturated carbocycles. The van der Waals surface area contributed by atoms with Gasteiger partial charge in [-0.15, -0.1) is 0 Å². The van der Waals surface area contributed by atoms with E-state index in [9.17, 15) is 4.79 Å². The fourth-order valence-corrected chi connectivity index (χ4v) is 3.80. The van der Waals surface area contributed by atoms with E-state index in [0.29, 0.717) is 17.9 Å². The first kappa shape index (κ1) is 17.2. The molecule has 3 fully saturated rings. The van der Waals surface area contributed by atoms with Gasteiger partial charge in [0.05, 0.1) is 5.92 Å². The number of likely N-dealkylation sites (tertiary alicyclic amines) is 1. The Balaban J connectivity index is 0.00000161. The van der Waals surface area contributed by atoms with Crippen molar-refractivity contribution < 1.29 is 4.79 Å². The summed E-state index contributed by atoms with van der Waals surface area (Å²) in [6.07, 6.45) is 4.81. The van der Waals surface area contributed by atoms with Crippen LogP contribution in [0.15, 0.2) is 0 Å². The minimum absolute atomic E-state index is 0. The minimum atomic E-state index is 0. The topological polar surface area (TPSA) is 26.8 Å². The Hall–Kier alpha value is -0.180. The molecule has 2 saturated heterocycles. The number of hydrogen-bond donors (Lipinski definition) is 0. The van der Waals surface area contributed by atoms with E-state index in [1.165, 1.54) is 19.3 Å². The van der Waals surface area contributed by atoms with Gasteiger partial charge in [0.25, 0.3) is 0 Å². The van der Waals surface area contributed by atoms with Crippen LogP contribution in [0.1, 0.15) is 32.6 Å². The van der Waals surface area contributed by atoms with Gasteiger partial charge in [-0.1, -0.05) is 13.3 Å². The van der Waals surface area contributed by atoms with E-state index in [2.05, 4.69) is 28.7 Å². The van der Waals surface area contributed by atoms with Crippen LogP contribution in [0.25, 0.3) is 0 Å². The van der Waals surface area contributed by atoms with E-state index in [1.54, 1.807) is 0 Å². The summed E-state index contributed by atoms with van der Waals surface area (Å²) in [4.78, 5) is 19.6. The molecule has 21 heavy (non-hydrogen) atoms. The van der Waals surface area contributed by atoms with E-state index in [-0.39, 0.29) is 9.90 Å². The van der Waals surface area contributed by atoms with Gasteiger partial charge in [0.15, 0.2) is 0 Å². The lowest BCUT2D eigenvalue weighted by atomic mass is 9.94. The quantitative estimate of drug-likeness (QED) is 0.736. The summed E-state index contributed by atoms with van der Waals surface area (Å²) >= 11 is 0. The SMILES string of the molecule is CCC1CCN(C(=O)C2CC2N2CCN(C)CC2)CC1.P. The molecule has 3 atom stereocenters. The third-order valence-corrected chi connectivity index (χ3v) is 5.58. The minimum Gasteiger partial charge on any atom is -0.342 e. The van der Waals surface area contributed by atoms with E-state index in [4.69, 9.17) is 0 Å². The predicted octanol–water partition coefficient (Wildman–Crippen LogP) is 1.33. The van der Waals surface area contributed by atoms with Gasteiger partial charge in [-0.25, -0.2) is 0 Å². The summed E-state index contributed by atoms with van der Waals surface area (Å²) in [6.45, 7) is 8.86. The normalized spacial score (nSPS) is 31.8. The average molecular weight is 313 g/mol. The fourth-order valence-electron chi connectivity index (χ4n) is 3.80. The smallest absolute Gasteiger partial charge is 0.227 e. The number of carbonyl (C=O) groups excluding carboxylic acids is 1. The van der Waals surface area contributed by atoms with Crippen LogP contribution in [0.3, 0.4) is 0 Å². The predicted molar refractivity (Wildman–Crippen MR) is 91.7 cm³/mol. The van der Waals surface area contributed by atoms with E-state index in [0.717, 1.165) is 51.6 Å². The van der Waals surface area contributed by atoms with Crippen molar-refractivity contribution in [2.45, 2.75) is 38.6 Å². The van der Waals surface area contributed by atoms with Crippen molar-refractivity contribution in [1.29, 1.82) is 0 Å². The van der Waals surface area contributed by atoms with Crippen LogP contribution in [-0.4, -0.2) is 73.0 Å². The van der Waals surface area contributed by atoms with Crippen molar-refractivity contribution in [3.8, 4) is 0 Å². The number of nitrogens with zero attached hydrogens (tertiary/aromatic N) is 3. The molecule has 2 heterocycles. The van der Waals surface area contributed by atoms with Crippen molar-refractivity contribution in [1.82, 2.24) is 14.7 Å². The van der Waals surface area contributed by atoms with Gasteiger partial charge in [0, 0.05) is 45.3 Å². The zero-order valence-corrected chi connectivity index (χ0v) is 15.2. The molecule has 0 aromatic rings. The Kier molecular flexibility index (Phi) is 6.05. The van der Waals surface area contributed by atoms with Gasteiger partial charge >= 0.3 is 0 Å². The molecule has 5 heteroatoms. The second kappa shape index (κ2) is 7.39. The van der Waals surface area contributed by atoms with Crippen LogP contribution in [0.4, 0.5) is 0 Å². The summed E-state index contributed by atoms with van der Waals surface area (Å²) in [5.41, 5.74) is 0. The first-order valence-electron chi connectivity index (χ1n) is 8.40. The molecule has 0 aromatic carbocycles. The highest BCUT2D eigenvalue weighted by atomic mass is 31.0. The molecule has 0 radical (unpaired) electrons.